The van der Waals surface area contributed by atoms with E-state index in [-0.39, 0.29) is 0 Å². The molecule has 66 valence electrons. The first-order chi connectivity index (χ1) is 5.29. The van der Waals surface area contributed by atoms with Crippen LogP contribution in [0.2, 0.25) is 0 Å². The van der Waals surface area contributed by atoms with Gasteiger partial charge in [0.15, 0.2) is 0 Å². The van der Waals surface area contributed by atoms with Gasteiger partial charge < -0.3 is 5.73 Å². The van der Waals surface area contributed by atoms with Crippen LogP contribution in [0.3, 0.4) is 0 Å². The van der Waals surface area contributed by atoms with Crippen molar-refractivity contribution < 1.29 is 0 Å². The topological polar surface area (TPSA) is 29.3 Å². The third-order valence-electron chi connectivity index (χ3n) is 2.88. The Kier molecular flexibility index (Phi) is 3.34. The first kappa shape index (κ1) is 9.01. The van der Waals surface area contributed by atoms with Crippen LogP contribution < -0.4 is 5.73 Å². The number of nitrogens with zero attached hydrogens (tertiary/aromatic N) is 1. The fourth-order valence-corrected chi connectivity index (χ4v) is 2.06. The zero-order valence-corrected chi connectivity index (χ0v) is 7.71. The molecule has 1 fully saturated rings. The normalized spacial score (nSPS) is 33.0. The number of hydrogen-bond donors (Lipinski definition) is 1. The second-order valence-corrected chi connectivity index (χ2v) is 3.57. The van der Waals surface area contributed by atoms with E-state index in [9.17, 15) is 0 Å². The summed E-state index contributed by atoms with van der Waals surface area (Å²) in [6.45, 7) is 3.08. The fraction of sp³-hybridized carbons (Fsp3) is 1.00. The molecule has 0 bridgehead atoms. The summed E-state index contributed by atoms with van der Waals surface area (Å²) in [5, 5.41) is 0. The number of rotatable bonds is 3. The van der Waals surface area contributed by atoms with Gasteiger partial charge in [-0.1, -0.05) is 13.3 Å². The van der Waals surface area contributed by atoms with E-state index >= 15 is 0 Å². The smallest absolute Gasteiger partial charge is 0.0218 e. The molecule has 0 spiro atoms. The zero-order valence-electron chi connectivity index (χ0n) is 7.71. The maximum absolute atomic E-state index is 5.64. The summed E-state index contributed by atoms with van der Waals surface area (Å²) in [6, 6.07) is 1.47. The van der Waals surface area contributed by atoms with Gasteiger partial charge in [0.25, 0.3) is 0 Å². The van der Waals surface area contributed by atoms with Gasteiger partial charge in [0, 0.05) is 18.6 Å². The molecule has 2 atom stereocenters. The standard InChI is InChI=1S/C9H20N2/c1-3-4-8-5-6-9(7-10)11(8)2/h8-9H,3-7,10H2,1-2H3. The van der Waals surface area contributed by atoms with Crippen molar-refractivity contribution in [2.45, 2.75) is 44.7 Å². The summed E-state index contributed by atoms with van der Waals surface area (Å²) < 4.78 is 0. The molecule has 0 aromatic heterocycles. The molecule has 2 N–H and O–H groups in total. The molecule has 1 aliphatic heterocycles. The highest BCUT2D eigenvalue weighted by molar-refractivity contribution is 4.85. The van der Waals surface area contributed by atoms with Crippen molar-refractivity contribution in [3.05, 3.63) is 0 Å². The van der Waals surface area contributed by atoms with E-state index in [1.165, 1.54) is 25.7 Å². The quantitative estimate of drug-likeness (QED) is 0.665. The van der Waals surface area contributed by atoms with Crippen LogP contribution in [0.1, 0.15) is 32.6 Å². The minimum atomic E-state index is 0.659. The lowest BCUT2D eigenvalue weighted by atomic mass is 10.1. The monoisotopic (exact) mass is 156 g/mol. The van der Waals surface area contributed by atoms with Crippen LogP contribution in [0, 0.1) is 0 Å². The van der Waals surface area contributed by atoms with E-state index < -0.39 is 0 Å². The first-order valence-electron chi connectivity index (χ1n) is 4.71. The van der Waals surface area contributed by atoms with Gasteiger partial charge in [-0.15, -0.1) is 0 Å². The zero-order chi connectivity index (χ0) is 8.27. The number of nitrogens with two attached hydrogens (primary N) is 1. The second kappa shape index (κ2) is 4.07. The summed E-state index contributed by atoms with van der Waals surface area (Å²) in [4.78, 5) is 2.46. The SMILES string of the molecule is CCCC1CCC(CN)N1C. The van der Waals surface area contributed by atoms with Crippen LogP contribution in [-0.2, 0) is 0 Å². The van der Waals surface area contributed by atoms with E-state index in [2.05, 4.69) is 18.9 Å². The summed E-state index contributed by atoms with van der Waals surface area (Å²) in [5.74, 6) is 0. The average Bonchev–Trinajstić information content (AvgIpc) is 2.34. The second-order valence-electron chi connectivity index (χ2n) is 3.57. The molecule has 0 aromatic carbocycles. The minimum Gasteiger partial charge on any atom is -0.329 e. The Morgan fingerprint density at radius 3 is 2.45 bits per heavy atom. The number of likely N-dealkylation sites (tertiary alicyclic amines) is 1. The molecule has 1 saturated heterocycles. The third kappa shape index (κ3) is 1.94. The summed E-state index contributed by atoms with van der Waals surface area (Å²) >= 11 is 0. The van der Waals surface area contributed by atoms with Crippen LogP contribution in [-0.4, -0.2) is 30.6 Å². The van der Waals surface area contributed by atoms with E-state index in [4.69, 9.17) is 5.73 Å². The van der Waals surface area contributed by atoms with Crippen molar-refractivity contribution in [3.63, 3.8) is 0 Å². The van der Waals surface area contributed by atoms with Crippen LogP contribution in [0.4, 0.5) is 0 Å². The highest BCUT2D eigenvalue weighted by Crippen LogP contribution is 2.24. The predicted molar refractivity (Wildman–Crippen MR) is 48.5 cm³/mol. The number of hydrogen-bond acceptors (Lipinski definition) is 2. The van der Waals surface area contributed by atoms with Crippen molar-refractivity contribution in [2.75, 3.05) is 13.6 Å². The molecule has 0 radical (unpaired) electrons. The lowest BCUT2D eigenvalue weighted by molar-refractivity contribution is 0.234. The van der Waals surface area contributed by atoms with E-state index in [1.54, 1.807) is 0 Å². The predicted octanol–water partition coefficient (Wildman–Crippen LogP) is 1.21. The van der Waals surface area contributed by atoms with Gasteiger partial charge in [-0.25, -0.2) is 0 Å². The maximum Gasteiger partial charge on any atom is 0.0218 e. The molecule has 2 unspecified atom stereocenters. The first-order valence-corrected chi connectivity index (χ1v) is 4.71. The van der Waals surface area contributed by atoms with Crippen molar-refractivity contribution in [1.29, 1.82) is 0 Å². The Hall–Kier alpha value is -0.0800. The summed E-state index contributed by atoms with van der Waals surface area (Å²) in [5.41, 5.74) is 5.64. The van der Waals surface area contributed by atoms with Crippen molar-refractivity contribution in [3.8, 4) is 0 Å². The van der Waals surface area contributed by atoms with Gasteiger partial charge in [0.1, 0.15) is 0 Å². The average molecular weight is 156 g/mol. The number of likely N-dealkylation sites (N-methyl/N-ethyl adjacent to an activating group) is 1. The summed E-state index contributed by atoms with van der Waals surface area (Å²) in [7, 11) is 2.21. The molecule has 0 amide bonds. The van der Waals surface area contributed by atoms with Gasteiger partial charge in [-0.2, -0.15) is 0 Å². The molecule has 11 heavy (non-hydrogen) atoms. The van der Waals surface area contributed by atoms with Crippen LogP contribution in [0.15, 0.2) is 0 Å². The Labute approximate surface area is 69.8 Å². The van der Waals surface area contributed by atoms with Crippen LogP contribution >= 0.6 is 0 Å². The maximum atomic E-state index is 5.64. The van der Waals surface area contributed by atoms with E-state index in [0.29, 0.717) is 6.04 Å². The van der Waals surface area contributed by atoms with Gasteiger partial charge in [-0.3, -0.25) is 4.90 Å². The van der Waals surface area contributed by atoms with Crippen molar-refractivity contribution in [1.82, 2.24) is 4.90 Å². The summed E-state index contributed by atoms with van der Waals surface area (Å²) in [6.07, 6.45) is 5.29. The molecule has 2 heteroatoms. The Morgan fingerprint density at radius 1 is 1.36 bits per heavy atom. The van der Waals surface area contributed by atoms with Gasteiger partial charge in [0.05, 0.1) is 0 Å². The Bertz CT molecular complexity index is 114. The minimum absolute atomic E-state index is 0.659. The molecular formula is C9H20N2. The van der Waals surface area contributed by atoms with Gasteiger partial charge in [0.2, 0.25) is 0 Å². The molecule has 0 saturated carbocycles. The third-order valence-corrected chi connectivity index (χ3v) is 2.88. The van der Waals surface area contributed by atoms with Gasteiger partial charge in [-0.05, 0) is 26.3 Å². The van der Waals surface area contributed by atoms with Crippen molar-refractivity contribution in [2.24, 2.45) is 5.73 Å². The Morgan fingerprint density at radius 2 is 2.00 bits per heavy atom. The Balaban J connectivity index is 2.35. The lowest BCUT2D eigenvalue weighted by Crippen LogP contribution is -2.36. The van der Waals surface area contributed by atoms with Crippen LogP contribution in [0.5, 0.6) is 0 Å². The molecular weight excluding hydrogens is 136 g/mol. The highest BCUT2D eigenvalue weighted by Gasteiger charge is 2.27. The molecule has 1 rings (SSSR count). The largest absolute Gasteiger partial charge is 0.329 e. The van der Waals surface area contributed by atoms with E-state index in [1.807, 2.05) is 0 Å². The van der Waals surface area contributed by atoms with Crippen LogP contribution in [0.25, 0.3) is 0 Å². The molecule has 0 aromatic rings. The lowest BCUT2D eigenvalue weighted by Gasteiger charge is -2.24. The molecule has 1 heterocycles. The highest BCUT2D eigenvalue weighted by atomic mass is 15.2. The fourth-order valence-electron chi connectivity index (χ4n) is 2.06. The van der Waals surface area contributed by atoms with Crippen molar-refractivity contribution >= 4 is 0 Å². The molecule has 0 aliphatic carbocycles. The van der Waals surface area contributed by atoms with Gasteiger partial charge >= 0.3 is 0 Å². The molecule has 1 aliphatic rings. The van der Waals surface area contributed by atoms with E-state index in [0.717, 1.165) is 12.6 Å². The molecule has 2 nitrogen and oxygen atoms in total.